The predicted octanol–water partition coefficient (Wildman–Crippen LogP) is 2.06. The molecule has 0 atom stereocenters. The average Bonchev–Trinajstić information content (AvgIpc) is 3.01. The van der Waals surface area contributed by atoms with E-state index < -0.39 is 0 Å². The molecule has 0 radical (unpaired) electrons. The molecular weight excluding hydrogens is 229 g/mol. The molecule has 5 heteroatoms. The summed E-state index contributed by atoms with van der Waals surface area (Å²) in [5, 5.41) is 3.69. The summed E-state index contributed by atoms with van der Waals surface area (Å²) in [6.07, 6.45) is 3.99. The minimum absolute atomic E-state index is 0.325. The van der Waals surface area contributed by atoms with Gasteiger partial charge in [0.15, 0.2) is 11.6 Å². The van der Waals surface area contributed by atoms with E-state index in [0.717, 1.165) is 13.1 Å². The second-order valence-electron chi connectivity index (χ2n) is 4.11. The second kappa shape index (κ2) is 4.97. The SMILES string of the molecule is CN(CCNC1CC1)c1ncc(Cl)cc1F. The summed E-state index contributed by atoms with van der Waals surface area (Å²) >= 11 is 5.64. The van der Waals surface area contributed by atoms with Gasteiger partial charge in [0.1, 0.15) is 0 Å². The molecule has 0 aromatic carbocycles. The minimum Gasteiger partial charge on any atom is -0.356 e. The largest absolute Gasteiger partial charge is 0.356 e. The van der Waals surface area contributed by atoms with Crippen molar-refractivity contribution in [3.05, 3.63) is 23.1 Å². The van der Waals surface area contributed by atoms with E-state index in [1.807, 2.05) is 7.05 Å². The zero-order valence-corrected chi connectivity index (χ0v) is 9.97. The monoisotopic (exact) mass is 243 g/mol. The van der Waals surface area contributed by atoms with Crippen LogP contribution in [0.4, 0.5) is 10.2 Å². The lowest BCUT2D eigenvalue weighted by atomic mass is 10.4. The van der Waals surface area contributed by atoms with Crippen molar-refractivity contribution in [3.8, 4) is 0 Å². The van der Waals surface area contributed by atoms with E-state index in [-0.39, 0.29) is 5.82 Å². The molecule has 1 saturated carbocycles. The first kappa shape index (κ1) is 11.6. The molecule has 1 fully saturated rings. The number of anilines is 1. The van der Waals surface area contributed by atoms with Gasteiger partial charge < -0.3 is 10.2 Å². The minimum atomic E-state index is -0.374. The van der Waals surface area contributed by atoms with Gasteiger partial charge in [-0.1, -0.05) is 11.6 Å². The number of hydrogen-bond donors (Lipinski definition) is 1. The van der Waals surface area contributed by atoms with Crippen molar-refractivity contribution in [1.29, 1.82) is 0 Å². The number of pyridine rings is 1. The number of rotatable bonds is 5. The Hall–Kier alpha value is -0.870. The van der Waals surface area contributed by atoms with Crippen LogP contribution in [0.5, 0.6) is 0 Å². The van der Waals surface area contributed by atoms with Gasteiger partial charge in [-0.15, -0.1) is 0 Å². The number of halogens is 2. The van der Waals surface area contributed by atoms with E-state index in [1.54, 1.807) is 4.90 Å². The molecule has 0 saturated heterocycles. The van der Waals surface area contributed by atoms with Crippen LogP contribution in [-0.2, 0) is 0 Å². The van der Waals surface area contributed by atoms with E-state index in [2.05, 4.69) is 10.3 Å². The highest BCUT2D eigenvalue weighted by molar-refractivity contribution is 6.30. The Morgan fingerprint density at radius 1 is 1.62 bits per heavy atom. The van der Waals surface area contributed by atoms with Gasteiger partial charge >= 0.3 is 0 Å². The van der Waals surface area contributed by atoms with Gasteiger partial charge in [-0.2, -0.15) is 0 Å². The van der Waals surface area contributed by atoms with Gasteiger partial charge in [0.25, 0.3) is 0 Å². The van der Waals surface area contributed by atoms with Gasteiger partial charge in [-0.3, -0.25) is 0 Å². The van der Waals surface area contributed by atoms with Crippen LogP contribution in [0.2, 0.25) is 5.02 Å². The Labute approximate surface area is 99.6 Å². The molecule has 16 heavy (non-hydrogen) atoms. The molecule has 1 heterocycles. The molecular formula is C11H15ClFN3. The van der Waals surface area contributed by atoms with Crippen molar-refractivity contribution >= 4 is 17.4 Å². The van der Waals surface area contributed by atoms with Crippen molar-refractivity contribution in [2.75, 3.05) is 25.0 Å². The summed E-state index contributed by atoms with van der Waals surface area (Å²) in [5.41, 5.74) is 0. The highest BCUT2D eigenvalue weighted by atomic mass is 35.5. The summed E-state index contributed by atoms with van der Waals surface area (Å²) in [5.74, 6) is -0.0246. The van der Waals surface area contributed by atoms with Gasteiger partial charge in [-0.05, 0) is 18.9 Å². The molecule has 1 aliphatic carbocycles. The van der Waals surface area contributed by atoms with Crippen LogP contribution in [0, 0.1) is 5.82 Å². The first-order valence-electron chi connectivity index (χ1n) is 5.42. The molecule has 0 amide bonds. The fourth-order valence-corrected chi connectivity index (χ4v) is 1.66. The number of likely N-dealkylation sites (N-methyl/N-ethyl adjacent to an activating group) is 1. The first-order chi connectivity index (χ1) is 7.66. The average molecular weight is 244 g/mol. The van der Waals surface area contributed by atoms with E-state index >= 15 is 0 Å². The van der Waals surface area contributed by atoms with Crippen molar-refractivity contribution in [2.24, 2.45) is 0 Å². The quantitative estimate of drug-likeness (QED) is 0.858. The van der Waals surface area contributed by atoms with E-state index in [4.69, 9.17) is 11.6 Å². The summed E-state index contributed by atoms with van der Waals surface area (Å²) in [6, 6.07) is 1.96. The molecule has 1 aliphatic rings. The van der Waals surface area contributed by atoms with Gasteiger partial charge in [0.05, 0.1) is 5.02 Å². The van der Waals surface area contributed by atoms with Crippen molar-refractivity contribution in [3.63, 3.8) is 0 Å². The molecule has 3 nitrogen and oxygen atoms in total. The number of hydrogen-bond acceptors (Lipinski definition) is 3. The maximum Gasteiger partial charge on any atom is 0.167 e. The van der Waals surface area contributed by atoms with Gasteiger partial charge in [0.2, 0.25) is 0 Å². The Morgan fingerprint density at radius 2 is 2.38 bits per heavy atom. The highest BCUT2D eigenvalue weighted by Crippen LogP contribution is 2.19. The second-order valence-corrected chi connectivity index (χ2v) is 4.55. The number of nitrogens with zero attached hydrogens (tertiary/aromatic N) is 2. The maximum absolute atomic E-state index is 13.5. The molecule has 0 aliphatic heterocycles. The van der Waals surface area contributed by atoms with Crippen LogP contribution in [-0.4, -0.2) is 31.2 Å². The zero-order valence-electron chi connectivity index (χ0n) is 9.21. The lowest BCUT2D eigenvalue weighted by Crippen LogP contribution is -2.31. The van der Waals surface area contributed by atoms with Crippen LogP contribution < -0.4 is 10.2 Å². The molecule has 1 aromatic rings. The van der Waals surface area contributed by atoms with Gasteiger partial charge in [0, 0.05) is 32.4 Å². The highest BCUT2D eigenvalue weighted by Gasteiger charge is 2.20. The van der Waals surface area contributed by atoms with E-state index in [9.17, 15) is 4.39 Å². The fraction of sp³-hybridized carbons (Fsp3) is 0.545. The maximum atomic E-state index is 13.5. The van der Waals surface area contributed by atoms with Crippen molar-refractivity contribution in [2.45, 2.75) is 18.9 Å². The molecule has 88 valence electrons. The summed E-state index contributed by atoms with van der Waals surface area (Å²) in [4.78, 5) is 5.78. The van der Waals surface area contributed by atoms with Crippen LogP contribution in [0.1, 0.15) is 12.8 Å². The lowest BCUT2D eigenvalue weighted by molar-refractivity contribution is 0.608. The van der Waals surface area contributed by atoms with E-state index in [1.165, 1.54) is 25.1 Å². The smallest absolute Gasteiger partial charge is 0.167 e. The third kappa shape index (κ3) is 3.06. The van der Waals surface area contributed by atoms with E-state index in [0.29, 0.717) is 16.9 Å². The molecule has 0 spiro atoms. The predicted molar refractivity (Wildman–Crippen MR) is 63.5 cm³/mol. The molecule has 1 aromatic heterocycles. The van der Waals surface area contributed by atoms with Crippen LogP contribution in [0.25, 0.3) is 0 Å². The molecule has 2 rings (SSSR count). The lowest BCUT2D eigenvalue weighted by Gasteiger charge is -2.18. The van der Waals surface area contributed by atoms with Crippen LogP contribution in [0.3, 0.4) is 0 Å². The first-order valence-corrected chi connectivity index (χ1v) is 5.80. The normalized spacial score (nSPS) is 15.2. The Bertz CT molecular complexity index is 368. The Balaban J connectivity index is 1.88. The third-order valence-corrected chi connectivity index (χ3v) is 2.81. The number of aromatic nitrogens is 1. The van der Waals surface area contributed by atoms with Crippen LogP contribution in [0.15, 0.2) is 12.3 Å². The Kier molecular flexibility index (Phi) is 3.61. The summed E-state index contributed by atoms with van der Waals surface area (Å²) in [7, 11) is 1.83. The molecule has 0 unspecified atom stereocenters. The molecule has 1 N–H and O–H groups in total. The van der Waals surface area contributed by atoms with Crippen molar-refractivity contribution in [1.82, 2.24) is 10.3 Å². The summed E-state index contributed by atoms with van der Waals surface area (Å²) < 4.78 is 13.5. The summed E-state index contributed by atoms with van der Waals surface area (Å²) in [6.45, 7) is 1.59. The Morgan fingerprint density at radius 3 is 3.00 bits per heavy atom. The van der Waals surface area contributed by atoms with Crippen molar-refractivity contribution < 1.29 is 4.39 Å². The zero-order chi connectivity index (χ0) is 11.5. The topological polar surface area (TPSA) is 28.2 Å². The fourth-order valence-electron chi connectivity index (χ4n) is 1.52. The number of nitrogens with one attached hydrogen (secondary N) is 1. The molecule has 0 bridgehead atoms. The standard InChI is InChI=1S/C11H15ClFN3/c1-16(5-4-14-9-2-3-9)11-10(13)6-8(12)7-15-11/h6-7,9,14H,2-5H2,1H3. The van der Waals surface area contributed by atoms with Gasteiger partial charge in [-0.25, -0.2) is 9.37 Å². The van der Waals surface area contributed by atoms with Crippen LogP contribution >= 0.6 is 11.6 Å². The third-order valence-electron chi connectivity index (χ3n) is 2.61.